The third-order valence-corrected chi connectivity index (χ3v) is 4.93. The Bertz CT molecular complexity index is 1220. The van der Waals surface area contributed by atoms with Gasteiger partial charge in [-0.05, 0) is 23.1 Å². The monoisotopic (exact) mass is 489 g/mol. The Kier molecular flexibility index (Phi) is 7.47. The maximum atomic E-state index is 13.1. The van der Waals surface area contributed by atoms with Crippen LogP contribution in [0.4, 0.5) is 18.9 Å². The zero-order valence-electron chi connectivity index (χ0n) is 19.5. The van der Waals surface area contributed by atoms with Crippen molar-refractivity contribution in [1.82, 2.24) is 20.1 Å². The van der Waals surface area contributed by atoms with Crippen LogP contribution in [0.25, 0.3) is 16.9 Å². The summed E-state index contributed by atoms with van der Waals surface area (Å²) in [6, 6.07) is 8.25. The minimum absolute atomic E-state index is 0.0489. The maximum Gasteiger partial charge on any atom is 0.419 e. The molecule has 0 atom stereocenters. The van der Waals surface area contributed by atoms with Crippen molar-refractivity contribution in [1.29, 1.82) is 0 Å². The summed E-state index contributed by atoms with van der Waals surface area (Å²) in [4.78, 5) is 27.9. The predicted octanol–water partition coefficient (Wildman–Crippen LogP) is 4.62. The molecule has 1 amide bonds. The highest BCUT2D eigenvalue weighted by atomic mass is 19.4. The number of anilines is 1. The maximum absolute atomic E-state index is 13.1. The average molecular weight is 489 g/mol. The number of carboxylic acid groups (broad SMARTS) is 1. The Labute approximate surface area is 200 Å². The topological polar surface area (TPSA) is 109 Å². The van der Waals surface area contributed by atoms with Gasteiger partial charge in [0.1, 0.15) is 0 Å². The SMILES string of the molecule is CC(C)(C)CNc1cnc(-n2cc(C(F)(F)F)cn2)cc1-c1ccccc1C(=O)NCCC(=O)O. The Morgan fingerprint density at radius 1 is 1.09 bits per heavy atom. The van der Waals surface area contributed by atoms with Crippen LogP contribution >= 0.6 is 0 Å². The van der Waals surface area contributed by atoms with Crippen molar-refractivity contribution in [3.05, 3.63) is 60.0 Å². The first-order valence-corrected chi connectivity index (χ1v) is 10.8. The average Bonchev–Trinajstić information content (AvgIpc) is 3.28. The number of hydrogen-bond donors (Lipinski definition) is 3. The molecular weight excluding hydrogens is 463 g/mol. The smallest absolute Gasteiger partial charge is 0.419 e. The Morgan fingerprint density at radius 2 is 1.80 bits per heavy atom. The largest absolute Gasteiger partial charge is 0.481 e. The van der Waals surface area contributed by atoms with Crippen molar-refractivity contribution >= 4 is 17.6 Å². The molecule has 0 aliphatic rings. The lowest BCUT2D eigenvalue weighted by Gasteiger charge is -2.22. The number of carbonyl (C=O) groups excluding carboxylic acids is 1. The molecule has 0 saturated heterocycles. The third kappa shape index (κ3) is 6.81. The summed E-state index contributed by atoms with van der Waals surface area (Å²) in [6.07, 6.45) is -1.72. The van der Waals surface area contributed by atoms with E-state index in [9.17, 15) is 22.8 Å². The number of alkyl halides is 3. The van der Waals surface area contributed by atoms with Crippen LogP contribution in [-0.4, -0.2) is 44.8 Å². The molecule has 0 aliphatic carbocycles. The number of rotatable bonds is 8. The van der Waals surface area contributed by atoms with Crippen LogP contribution in [0.15, 0.2) is 48.9 Å². The summed E-state index contributed by atoms with van der Waals surface area (Å²) in [5.41, 5.74) is 0.903. The van der Waals surface area contributed by atoms with Crippen LogP contribution < -0.4 is 10.6 Å². The van der Waals surface area contributed by atoms with Gasteiger partial charge >= 0.3 is 12.1 Å². The molecule has 3 rings (SSSR count). The molecule has 0 aliphatic heterocycles. The Morgan fingerprint density at radius 3 is 2.43 bits per heavy atom. The minimum Gasteiger partial charge on any atom is -0.481 e. The first kappa shape index (κ1) is 25.7. The highest BCUT2D eigenvalue weighted by Gasteiger charge is 2.32. The molecule has 11 heteroatoms. The van der Waals surface area contributed by atoms with Gasteiger partial charge in [-0.3, -0.25) is 9.59 Å². The van der Waals surface area contributed by atoms with E-state index >= 15 is 0 Å². The molecule has 0 spiro atoms. The van der Waals surface area contributed by atoms with Gasteiger partial charge in [0.25, 0.3) is 5.91 Å². The van der Waals surface area contributed by atoms with Crippen LogP contribution in [0.1, 0.15) is 43.1 Å². The number of halogens is 3. The number of aliphatic carboxylic acids is 1. The fourth-order valence-corrected chi connectivity index (χ4v) is 3.18. The van der Waals surface area contributed by atoms with E-state index in [4.69, 9.17) is 5.11 Å². The van der Waals surface area contributed by atoms with Gasteiger partial charge in [-0.25, -0.2) is 9.67 Å². The van der Waals surface area contributed by atoms with Gasteiger partial charge in [-0.15, -0.1) is 0 Å². The molecule has 0 radical (unpaired) electrons. The Balaban J connectivity index is 2.06. The minimum atomic E-state index is -4.55. The number of hydrogen-bond acceptors (Lipinski definition) is 5. The third-order valence-electron chi connectivity index (χ3n) is 4.93. The van der Waals surface area contributed by atoms with Crippen molar-refractivity contribution in [2.45, 2.75) is 33.4 Å². The van der Waals surface area contributed by atoms with Crippen molar-refractivity contribution < 1.29 is 27.9 Å². The first-order valence-electron chi connectivity index (χ1n) is 10.8. The van der Waals surface area contributed by atoms with Gasteiger partial charge in [0.2, 0.25) is 0 Å². The summed E-state index contributed by atoms with van der Waals surface area (Å²) < 4.78 is 40.2. The lowest BCUT2D eigenvalue weighted by molar-refractivity contribution is -0.138. The molecule has 0 bridgehead atoms. The lowest BCUT2D eigenvalue weighted by atomic mass is 9.95. The van der Waals surface area contributed by atoms with E-state index in [1.54, 1.807) is 30.3 Å². The zero-order valence-corrected chi connectivity index (χ0v) is 19.5. The van der Waals surface area contributed by atoms with Crippen LogP contribution in [0.3, 0.4) is 0 Å². The predicted molar refractivity (Wildman–Crippen MR) is 124 cm³/mol. The van der Waals surface area contributed by atoms with E-state index in [1.165, 1.54) is 6.20 Å². The molecule has 3 N–H and O–H groups in total. The first-order chi connectivity index (χ1) is 16.3. The second-order valence-corrected chi connectivity index (χ2v) is 9.12. The molecule has 3 aromatic rings. The fourth-order valence-electron chi connectivity index (χ4n) is 3.18. The number of carbonyl (C=O) groups is 2. The van der Waals surface area contributed by atoms with E-state index in [1.807, 2.05) is 20.8 Å². The quantitative estimate of drug-likeness (QED) is 0.426. The highest BCUT2D eigenvalue weighted by molar-refractivity contribution is 6.02. The second kappa shape index (κ2) is 10.2. The molecule has 186 valence electrons. The fraction of sp³-hybridized carbons (Fsp3) is 0.333. The lowest BCUT2D eigenvalue weighted by Crippen LogP contribution is -2.26. The molecule has 2 aromatic heterocycles. The number of amides is 1. The highest BCUT2D eigenvalue weighted by Crippen LogP contribution is 2.34. The van der Waals surface area contributed by atoms with E-state index in [-0.39, 0.29) is 29.8 Å². The van der Waals surface area contributed by atoms with Crippen LogP contribution in [0.2, 0.25) is 0 Å². The van der Waals surface area contributed by atoms with E-state index in [0.717, 1.165) is 17.1 Å². The molecule has 8 nitrogen and oxygen atoms in total. The van der Waals surface area contributed by atoms with E-state index in [2.05, 4.69) is 20.7 Å². The van der Waals surface area contributed by atoms with Crippen molar-refractivity contribution in [2.75, 3.05) is 18.4 Å². The summed E-state index contributed by atoms with van der Waals surface area (Å²) in [6.45, 7) is 6.62. The summed E-state index contributed by atoms with van der Waals surface area (Å²) in [5.74, 6) is -1.37. The van der Waals surface area contributed by atoms with Crippen molar-refractivity contribution in [3.63, 3.8) is 0 Å². The standard InChI is InChI=1S/C24H26F3N5O3/c1-23(2,3)14-30-19-12-29-20(32-13-15(11-31-32)24(25,26)27)10-18(19)16-6-4-5-7-17(16)22(35)28-9-8-21(33)34/h4-7,10-13,30H,8-9,14H2,1-3H3,(H,28,35)(H,33,34). The number of pyridine rings is 1. The number of benzene rings is 1. The van der Waals surface area contributed by atoms with Gasteiger partial charge in [-0.1, -0.05) is 39.0 Å². The molecule has 35 heavy (non-hydrogen) atoms. The van der Waals surface area contributed by atoms with Crippen LogP contribution in [0, 0.1) is 5.41 Å². The van der Waals surface area contributed by atoms with Crippen LogP contribution in [-0.2, 0) is 11.0 Å². The Hall–Kier alpha value is -3.89. The van der Waals surface area contributed by atoms with Gasteiger partial charge < -0.3 is 15.7 Å². The molecule has 0 saturated carbocycles. The van der Waals surface area contributed by atoms with E-state index in [0.29, 0.717) is 23.4 Å². The number of carboxylic acids is 1. The van der Waals surface area contributed by atoms with Gasteiger partial charge in [-0.2, -0.15) is 18.3 Å². The van der Waals surface area contributed by atoms with Gasteiger partial charge in [0, 0.05) is 30.4 Å². The van der Waals surface area contributed by atoms with Gasteiger partial charge in [0.05, 0.1) is 30.1 Å². The molecular formula is C24H26F3N5O3. The number of nitrogens with zero attached hydrogens (tertiary/aromatic N) is 3. The number of nitrogens with one attached hydrogen (secondary N) is 2. The summed E-state index contributed by atoms with van der Waals surface area (Å²) in [5, 5.41) is 18.5. The molecule has 0 fully saturated rings. The van der Waals surface area contributed by atoms with Crippen molar-refractivity contribution in [3.8, 4) is 16.9 Å². The van der Waals surface area contributed by atoms with Crippen molar-refractivity contribution in [2.24, 2.45) is 5.41 Å². The summed E-state index contributed by atoms with van der Waals surface area (Å²) in [7, 11) is 0. The zero-order chi connectivity index (χ0) is 25.8. The van der Waals surface area contributed by atoms with Gasteiger partial charge in [0.15, 0.2) is 5.82 Å². The molecule has 0 unspecified atom stereocenters. The van der Waals surface area contributed by atoms with Crippen LogP contribution in [0.5, 0.6) is 0 Å². The number of aromatic nitrogens is 3. The normalized spacial score (nSPS) is 11.8. The second-order valence-electron chi connectivity index (χ2n) is 9.12. The summed E-state index contributed by atoms with van der Waals surface area (Å²) >= 11 is 0. The van der Waals surface area contributed by atoms with E-state index < -0.39 is 23.6 Å². The molecule has 1 aromatic carbocycles. The molecule has 2 heterocycles.